The fourth-order valence-electron chi connectivity index (χ4n) is 1.36. The van der Waals surface area contributed by atoms with E-state index < -0.39 is 0 Å². The van der Waals surface area contributed by atoms with Crippen LogP contribution in [0.4, 0.5) is 0 Å². The van der Waals surface area contributed by atoms with Crippen LogP contribution in [0.15, 0.2) is 46.5 Å². The molecular formula is C10H6N2SSi. The predicted molar refractivity (Wildman–Crippen MR) is 57.6 cm³/mol. The first-order valence-corrected chi connectivity index (χ1v) is 6.10. The minimum atomic E-state index is 0.601. The van der Waals surface area contributed by atoms with Gasteiger partial charge in [-0.1, -0.05) is 11.8 Å². The van der Waals surface area contributed by atoms with Crippen molar-refractivity contribution in [3.05, 3.63) is 36.7 Å². The molecule has 0 fully saturated rings. The standard InChI is InChI=1S/C10H6N2SSi/c1-3-7-9(11-5-1)14-10-8(13-7)4-2-6-12-10/h1-6H. The maximum Gasteiger partial charge on any atom is 0.177 e. The van der Waals surface area contributed by atoms with Crippen molar-refractivity contribution >= 4 is 31.9 Å². The van der Waals surface area contributed by atoms with E-state index in [9.17, 15) is 0 Å². The predicted octanol–water partition coefficient (Wildman–Crippen LogP) is 0.596. The summed E-state index contributed by atoms with van der Waals surface area (Å²) in [7, 11) is 0.601. The van der Waals surface area contributed by atoms with Crippen LogP contribution in [0.2, 0.25) is 0 Å². The van der Waals surface area contributed by atoms with Gasteiger partial charge in [0.1, 0.15) is 0 Å². The zero-order valence-corrected chi connectivity index (χ0v) is 9.08. The van der Waals surface area contributed by atoms with E-state index in [-0.39, 0.29) is 0 Å². The van der Waals surface area contributed by atoms with Crippen molar-refractivity contribution in [3.8, 4) is 0 Å². The lowest BCUT2D eigenvalue weighted by Gasteiger charge is -2.15. The quantitative estimate of drug-likeness (QED) is 0.512. The van der Waals surface area contributed by atoms with Crippen molar-refractivity contribution in [1.29, 1.82) is 0 Å². The Hall–Kier alpha value is -1.13. The molecule has 2 nitrogen and oxygen atoms in total. The summed E-state index contributed by atoms with van der Waals surface area (Å²) < 4.78 is 0. The molecule has 4 heteroatoms. The summed E-state index contributed by atoms with van der Waals surface area (Å²) in [6.07, 6.45) is 3.70. The third-order valence-corrected chi connectivity index (χ3v) is 4.73. The number of aromatic nitrogens is 2. The van der Waals surface area contributed by atoms with Crippen molar-refractivity contribution in [2.75, 3.05) is 0 Å². The average molecular weight is 214 g/mol. The van der Waals surface area contributed by atoms with Crippen LogP contribution in [0.5, 0.6) is 0 Å². The summed E-state index contributed by atoms with van der Waals surface area (Å²) in [5, 5.41) is 2.34. The fraction of sp³-hybridized carbons (Fsp3) is 0. The smallest absolute Gasteiger partial charge is 0.177 e. The van der Waals surface area contributed by atoms with Crippen LogP contribution in [-0.4, -0.2) is 19.5 Å². The Labute approximate surface area is 88.6 Å². The molecule has 2 radical (unpaired) electrons. The summed E-state index contributed by atoms with van der Waals surface area (Å²) >= 11 is 1.76. The number of pyridine rings is 2. The molecule has 0 saturated heterocycles. The molecule has 0 aromatic carbocycles. The zero-order chi connectivity index (χ0) is 9.38. The van der Waals surface area contributed by atoms with Gasteiger partial charge in [-0.3, -0.25) is 9.97 Å². The largest absolute Gasteiger partial charge is 0.265 e. The van der Waals surface area contributed by atoms with Gasteiger partial charge in [-0.15, -0.1) is 0 Å². The first kappa shape index (κ1) is 8.20. The van der Waals surface area contributed by atoms with E-state index in [1.165, 1.54) is 20.4 Å². The van der Waals surface area contributed by atoms with Crippen LogP contribution >= 0.6 is 11.8 Å². The molecule has 0 N–H and O–H groups in total. The molecule has 0 bridgehead atoms. The van der Waals surface area contributed by atoms with Crippen LogP contribution in [-0.2, 0) is 0 Å². The van der Waals surface area contributed by atoms with Crippen molar-refractivity contribution < 1.29 is 0 Å². The Kier molecular flexibility index (Phi) is 1.88. The number of hydrogen-bond donors (Lipinski definition) is 0. The summed E-state index contributed by atoms with van der Waals surface area (Å²) in [6.45, 7) is 0. The zero-order valence-electron chi connectivity index (χ0n) is 7.27. The van der Waals surface area contributed by atoms with Crippen LogP contribution < -0.4 is 10.6 Å². The van der Waals surface area contributed by atoms with Crippen LogP contribution in [0.3, 0.4) is 0 Å². The first-order valence-electron chi connectivity index (χ1n) is 4.28. The molecule has 1 aliphatic heterocycles. The molecule has 3 heterocycles. The van der Waals surface area contributed by atoms with Gasteiger partial charge in [0.25, 0.3) is 0 Å². The fourth-order valence-corrected chi connectivity index (χ4v) is 3.72. The van der Waals surface area contributed by atoms with E-state index in [2.05, 4.69) is 22.1 Å². The van der Waals surface area contributed by atoms with Crippen LogP contribution in [0.25, 0.3) is 0 Å². The SMILES string of the molecule is c1cnc2c(c1)Sc1cccnc1[Si]2. The van der Waals surface area contributed by atoms with E-state index in [1.807, 2.05) is 24.5 Å². The number of fused-ring (bicyclic) bond motifs is 2. The summed E-state index contributed by atoms with van der Waals surface area (Å²) in [4.78, 5) is 11.3. The van der Waals surface area contributed by atoms with E-state index in [4.69, 9.17) is 0 Å². The minimum absolute atomic E-state index is 0.601. The Bertz CT molecular complexity index is 400. The summed E-state index contributed by atoms with van der Waals surface area (Å²) in [5.74, 6) is 0. The molecule has 2 aromatic heterocycles. The van der Waals surface area contributed by atoms with Gasteiger partial charge in [-0.25, -0.2) is 0 Å². The van der Waals surface area contributed by atoms with Crippen molar-refractivity contribution in [3.63, 3.8) is 0 Å². The normalized spacial score (nSPS) is 13.1. The van der Waals surface area contributed by atoms with Crippen LogP contribution in [0.1, 0.15) is 0 Å². The van der Waals surface area contributed by atoms with Crippen molar-refractivity contribution in [2.45, 2.75) is 9.79 Å². The van der Waals surface area contributed by atoms with E-state index in [1.54, 1.807) is 11.8 Å². The van der Waals surface area contributed by atoms with Gasteiger partial charge in [0.15, 0.2) is 9.52 Å². The molecule has 14 heavy (non-hydrogen) atoms. The molecule has 3 rings (SSSR count). The monoisotopic (exact) mass is 214 g/mol. The first-order chi connectivity index (χ1) is 6.93. The van der Waals surface area contributed by atoms with Gasteiger partial charge in [-0.05, 0) is 24.3 Å². The molecule has 0 amide bonds. The topological polar surface area (TPSA) is 25.8 Å². The highest BCUT2D eigenvalue weighted by Gasteiger charge is 2.17. The van der Waals surface area contributed by atoms with Crippen molar-refractivity contribution in [1.82, 2.24) is 9.97 Å². The van der Waals surface area contributed by atoms with Crippen molar-refractivity contribution in [2.24, 2.45) is 0 Å². The van der Waals surface area contributed by atoms with E-state index in [0.717, 1.165) is 0 Å². The lowest BCUT2D eigenvalue weighted by Crippen LogP contribution is -2.37. The van der Waals surface area contributed by atoms with E-state index in [0.29, 0.717) is 9.52 Å². The summed E-state index contributed by atoms with van der Waals surface area (Å²) in [5.41, 5.74) is 0. The second kappa shape index (κ2) is 3.22. The maximum absolute atomic E-state index is 4.37. The Morgan fingerprint density at radius 2 is 1.50 bits per heavy atom. The molecular weight excluding hydrogens is 208 g/mol. The molecule has 0 aliphatic carbocycles. The van der Waals surface area contributed by atoms with Gasteiger partial charge < -0.3 is 0 Å². The number of hydrogen-bond acceptors (Lipinski definition) is 3. The molecule has 0 saturated carbocycles. The Balaban J connectivity index is 2.12. The highest BCUT2D eigenvalue weighted by molar-refractivity contribution is 8.00. The second-order valence-corrected chi connectivity index (χ2v) is 5.21. The van der Waals surface area contributed by atoms with Crippen LogP contribution in [0, 0.1) is 0 Å². The number of rotatable bonds is 0. The summed E-state index contributed by atoms with van der Waals surface area (Å²) in [6, 6.07) is 8.21. The molecule has 0 atom stereocenters. The second-order valence-electron chi connectivity index (χ2n) is 2.93. The third kappa shape index (κ3) is 1.27. The highest BCUT2D eigenvalue weighted by Crippen LogP contribution is 2.25. The lowest BCUT2D eigenvalue weighted by molar-refractivity contribution is 1.25. The average Bonchev–Trinajstić information content (AvgIpc) is 2.26. The highest BCUT2D eigenvalue weighted by atomic mass is 32.2. The molecule has 2 aromatic rings. The van der Waals surface area contributed by atoms with Gasteiger partial charge in [0.2, 0.25) is 0 Å². The van der Waals surface area contributed by atoms with E-state index >= 15 is 0 Å². The minimum Gasteiger partial charge on any atom is -0.265 e. The molecule has 0 unspecified atom stereocenters. The third-order valence-electron chi connectivity index (χ3n) is 2.00. The maximum atomic E-state index is 4.37. The van der Waals surface area contributed by atoms with Gasteiger partial charge in [0.05, 0.1) is 0 Å². The Morgan fingerprint density at radius 3 is 2.07 bits per heavy atom. The van der Waals surface area contributed by atoms with Gasteiger partial charge in [0, 0.05) is 32.8 Å². The molecule has 0 spiro atoms. The van der Waals surface area contributed by atoms with Gasteiger partial charge >= 0.3 is 0 Å². The molecule has 1 aliphatic rings. The molecule has 66 valence electrons. The lowest BCUT2D eigenvalue weighted by atomic mass is 10.5. The van der Waals surface area contributed by atoms with Gasteiger partial charge in [-0.2, -0.15) is 0 Å². The Morgan fingerprint density at radius 1 is 0.929 bits per heavy atom. The number of nitrogens with zero attached hydrogens (tertiary/aromatic N) is 2.